The average molecular weight is 710 g/mol. The number of para-hydroxylation sites is 5. The third-order valence-electron chi connectivity index (χ3n) is 6.35. The van der Waals surface area contributed by atoms with E-state index in [2.05, 4.69) is 6.58 Å². The Balaban J connectivity index is 1.72. The van der Waals surface area contributed by atoms with E-state index in [1.807, 2.05) is 104 Å². The highest BCUT2D eigenvalue weighted by atomic mass is 31.3. The van der Waals surface area contributed by atoms with E-state index >= 15 is 0 Å². The monoisotopic (exact) mass is 709 g/mol. The Morgan fingerprint density at radius 3 is 1.06 bits per heavy atom. The SMILES string of the molecule is C=C/C=C(\C=C/C)OP1(Oc2ccccc2)=NP(Oc2ccccc2)(Oc2ccccc2)=NP(Oc2ccccc2)(Oc2ccccc2)=N1. The summed E-state index contributed by atoms with van der Waals surface area (Å²) in [6, 6.07) is 45.9. The van der Waals surface area contributed by atoms with E-state index in [1.165, 1.54) is 0 Å². The summed E-state index contributed by atoms with van der Waals surface area (Å²) in [4.78, 5) is 0. The van der Waals surface area contributed by atoms with Crippen molar-refractivity contribution in [1.29, 1.82) is 0 Å². The number of benzene rings is 5. The fourth-order valence-electron chi connectivity index (χ4n) is 4.38. The molecule has 0 bridgehead atoms. The van der Waals surface area contributed by atoms with Crippen molar-refractivity contribution in [2.75, 3.05) is 0 Å². The molecule has 12 heteroatoms. The van der Waals surface area contributed by atoms with Gasteiger partial charge >= 0.3 is 23.0 Å². The van der Waals surface area contributed by atoms with Crippen molar-refractivity contribution >= 4 is 23.0 Å². The second-order valence-corrected chi connectivity index (χ2v) is 16.3. The predicted octanol–water partition coefficient (Wildman–Crippen LogP) is 12.9. The van der Waals surface area contributed by atoms with E-state index in [9.17, 15) is 0 Å². The third kappa shape index (κ3) is 9.04. The normalized spacial score (nSPS) is 17.7. The summed E-state index contributed by atoms with van der Waals surface area (Å²) in [6.07, 6.45) is 6.89. The molecule has 49 heavy (non-hydrogen) atoms. The zero-order valence-corrected chi connectivity index (χ0v) is 29.3. The largest absolute Gasteiger partial charge is 0.460 e. The van der Waals surface area contributed by atoms with Gasteiger partial charge in [-0.15, -0.1) is 0 Å². The molecule has 0 aliphatic carbocycles. The second-order valence-electron chi connectivity index (χ2n) is 10.2. The lowest BCUT2D eigenvalue weighted by molar-refractivity contribution is 0.399. The van der Waals surface area contributed by atoms with E-state index < -0.39 is 23.0 Å². The lowest BCUT2D eigenvalue weighted by Crippen LogP contribution is -2.10. The maximum atomic E-state index is 6.76. The molecule has 0 saturated carbocycles. The molecule has 0 N–H and O–H groups in total. The van der Waals surface area contributed by atoms with Crippen LogP contribution in [0.4, 0.5) is 0 Å². The molecule has 0 aromatic heterocycles. The highest BCUT2D eigenvalue weighted by molar-refractivity contribution is 7.79. The van der Waals surface area contributed by atoms with Crippen molar-refractivity contribution in [2.24, 2.45) is 13.5 Å². The summed E-state index contributed by atoms with van der Waals surface area (Å²) in [6.45, 7) is 5.75. The summed E-state index contributed by atoms with van der Waals surface area (Å²) >= 11 is 0. The highest BCUT2D eigenvalue weighted by Gasteiger charge is 2.48. The average Bonchev–Trinajstić information content (AvgIpc) is 3.10. The van der Waals surface area contributed by atoms with Crippen LogP contribution in [0.15, 0.2) is 202 Å². The molecule has 1 heterocycles. The number of rotatable bonds is 14. The van der Waals surface area contributed by atoms with Crippen LogP contribution in [0.2, 0.25) is 0 Å². The second kappa shape index (κ2) is 15.8. The standard InChI is InChI=1S/C37H34N3O6P3/c1-3-20-32(21-4-2)41-47(42-33-22-10-5-11-23-33)38-48(43-34-24-12-6-13-25-34,44-35-26-14-7-15-27-35)40-49(39-47,45-36-28-16-8-17-29-36)46-37-30-18-9-19-31-37/h3-31H,1H2,2H3/b21-4-,32-20+. The van der Waals surface area contributed by atoms with Crippen molar-refractivity contribution in [2.45, 2.75) is 6.92 Å². The Bertz CT molecular complexity index is 1900. The maximum absolute atomic E-state index is 6.76. The van der Waals surface area contributed by atoms with Crippen LogP contribution >= 0.6 is 23.0 Å². The molecule has 1 aliphatic rings. The van der Waals surface area contributed by atoms with Gasteiger partial charge in [-0.3, -0.25) is 0 Å². The van der Waals surface area contributed by atoms with Crippen LogP contribution in [-0.4, -0.2) is 0 Å². The molecule has 0 fully saturated rings. The van der Waals surface area contributed by atoms with Gasteiger partial charge < -0.3 is 27.1 Å². The van der Waals surface area contributed by atoms with Crippen molar-refractivity contribution in [1.82, 2.24) is 0 Å². The van der Waals surface area contributed by atoms with Gasteiger partial charge in [0.05, 0.1) is 0 Å². The van der Waals surface area contributed by atoms with Crippen molar-refractivity contribution in [3.8, 4) is 28.7 Å². The Labute approximate surface area is 286 Å². The minimum atomic E-state index is -3.93. The summed E-state index contributed by atoms with van der Waals surface area (Å²) in [7, 11) is -11.7. The lowest BCUT2D eigenvalue weighted by Gasteiger charge is -2.33. The summed E-state index contributed by atoms with van der Waals surface area (Å²) in [5, 5.41) is 0. The molecule has 5 aromatic rings. The minimum Gasteiger partial charge on any atom is -0.413 e. The van der Waals surface area contributed by atoms with Gasteiger partial charge in [-0.1, -0.05) is 123 Å². The summed E-state index contributed by atoms with van der Waals surface area (Å²) in [5.74, 6) is 2.63. The first-order chi connectivity index (χ1) is 24.0. The Hall–Kier alpha value is -5.19. The van der Waals surface area contributed by atoms with Gasteiger partial charge in [0.25, 0.3) is 0 Å². The first-order valence-electron chi connectivity index (χ1n) is 15.3. The molecule has 248 valence electrons. The van der Waals surface area contributed by atoms with Crippen LogP contribution in [-0.2, 0) is 4.52 Å². The van der Waals surface area contributed by atoms with Gasteiger partial charge in [-0.05, 0) is 79.7 Å². The van der Waals surface area contributed by atoms with Crippen LogP contribution in [0, 0.1) is 0 Å². The topological polar surface area (TPSA) is 92.5 Å². The van der Waals surface area contributed by atoms with Gasteiger partial charge in [0.15, 0.2) is 0 Å². The molecular formula is C37H34N3O6P3. The van der Waals surface area contributed by atoms with E-state index in [0.717, 1.165) is 0 Å². The maximum Gasteiger partial charge on any atom is 0.460 e. The third-order valence-corrected chi connectivity index (χ3v) is 14.5. The molecule has 0 radical (unpaired) electrons. The molecule has 5 aromatic carbocycles. The van der Waals surface area contributed by atoms with Crippen molar-refractivity contribution < 1.29 is 27.1 Å². The molecule has 1 aliphatic heterocycles. The van der Waals surface area contributed by atoms with E-state index in [4.69, 9.17) is 40.7 Å². The van der Waals surface area contributed by atoms with Gasteiger partial charge in [-0.2, -0.15) is 0 Å². The number of allylic oxidation sites excluding steroid dienone is 4. The van der Waals surface area contributed by atoms with Crippen LogP contribution in [0.3, 0.4) is 0 Å². The van der Waals surface area contributed by atoms with E-state index in [-0.39, 0.29) is 0 Å². The Kier molecular flexibility index (Phi) is 10.9. The molecule has 6 rings (SSSR count). The van der Waals surface area contributed by atoms with Crippen LogP contribution in [0.25, 0.3) is 0 Å². The number of hydrogen-bond acceptors (Lipinski definition) is 9. The van der Waals surface area contributed by atoms with E-state index in [0.29, 0.717) is 34.5 Å². The number of hydrogen-bond donors (Lipinski definition) is 0. The fraction of sp³-hybridized carbons (Fsp3) is 0.0270. The minimum absolute atomic E-state index is 0.381. The molecule has 1 unspecified atom stereocenters. The Morgan fingerprint density at radius 2 is 0.755 bits per heavy atom. The predicted molar refractivity (Wildman–Crippen MR) is 198 cm³/mol. The molecule has 0 amide bonds. The fourth-order valence-corrected chi connectivity index (χ4v) is 13.5. The lowest BCUT2D eigenvalue weighted by atomic mass is 10.3. The zero-order valence-electron chi connectivity index (χ0n) is 26.6. The molecule has 0 spiro atoms. The smallest absolute Gasteiger partial charge is 0.413 e. The first-order valence-corrected chi connectivity index (χ1v) is 19.9. The Morgan fingerprint density at radius 1 is 0.469 bits per heavy atom. The van der Waals surface area contributed by atoms with Gasteiger partial charge in [0, 0.05) is 0 Å². The zero-order chi connectivity index (χ0) is 33.8. The first kappa shape index (κ1) is 33.7. The van der Waals surface area contributed by atoms with Crippen molar-refractivity contribution in [3.05, 3.63) is 188 Å². The van der Waals surface area contributed by atoms with Gasteiger partial charge in [-0.25, -0.2) is 0 Å². The molecular weight excluding hydrogens is 675 g/mol. The number of nitrogens with zero attached hydrogens (tertiary/aromatic N) is 3. The highest BCUT2D eigenvalue weighted by Crippen LogP contribution is 2.79. The van der Waals surface area contributed by atoms with Crippen LogP contribution < -0.4 is 22.6 Å². The van der Waals surface area contributed by atoms with Gasteiger partial charge in [0.1, 0.15) is 34.5 Å². The molecule has 9 nitrogen and oxygen atoms in total. The van der Waals surface area contributed by atoms with Crippen molar-refractivity contribution in [3.63, 3.8) is 0 Å². The van der Waals surface area contributed by atoms with Crippen LogP contribution in [0.5, 0.6) is 28.7 Å². The van der Waals surface area contributed by atoms with E-state index in [1.54, 1.807) is 78.9 Å². The molecule has 0 saturated heterocycles. The van der Waals surface area contributed by atoms with Gasteiger partial charge in [0.2, 0.25) is 0 Å². The molecule has 1 atom stereocenters. The van der Waals surface area contributed by atoms with Crippen LogP contribution in [0.1, 0.15) is 6.92 Å². The summed E-state index contributed by atoms with van der Waals surface area (Å²) in [5.41, 5.74) is 0. The summed E-state index contributed by atoms with van der Waals surface area (Å²) < 4.78 is 56.0. The quantitative estimate of drug-likeness (QED) is 0.0647.